The number of carbonyl (C=O) groups is 1. The number of rotatable bonds is 6. The van der Waals surface area contributed by atoms with Crippen molar-refractivity contribution in [2.75, 3.05) is 11.9 Å². The van der Waals surface area contributed by atoms with Crippen LogP contribution in [0, 0.1) is 0 Å². The first kappa shape index (κ1) is 16.1. The fourth-order valence-corrected chi connectivity index (χ4v) is 1.53. The molecule has 0 radical (unpaired) electrons. The molecule has 4 nitrogen and oxygen atoms in total. The molecule has 0 aliphatic carbocycles. The Morgan fingerprint density at radius 3 is 2.55 bits per heavy atom. The second-order valence-electron chi connectivity index (χ2n) is 4.44. The molecule has 1 amide bonds. The van der Waals surface area contributed by atoms with Crippen LogP contribution in [0.1, 0.15) is 20.3 Å². The van der Waals surface area contributed by atoms with Crippen molar-refractivity contribution in [3.63, 3.8) is 0 Å². The highest BCUT2D eigenvalue weighted by molar-refractivity contribution is 5.76. The summed E-state index contributed by atoms with van der Waals surface area (Å²) in [5.41, 5.74) is 0.196. The van der Waals surface area contributed by atoms with E-state index in [4.69, 9.17) is 0 Å². The third-order valence-electron chi connectivity index (χ3n) is 2.23. The fourth-order valence-electron chi connectivity index (χ4n) is 1.53. The number of carbonyl (C=O) groups excluding carboxylic acids is 1. The molecule has 1 aromatic rings. The van der Waals surface area contributed by atoms with E-state index in [0.29, 0.717) is 0 Å². The van der Waals surface area contributed by atoms with Gasteiger partial charge in [0.15, 0.2) is 5.75 Å². The van der Waals surface area contributed by atoms with Gasteiger partial charge in [0.2, 0.25) is 5.91 Å². The number of alkyl halides is 3. The zero-order valence-corrected chi connectivity index (χ0v) is 11.3. The summed E-state index contributed by atoms with van der Waals surface area (Å²) >= 11 is 0. The van der Waals surface area contributed by atoms with Gasteiger partial charge in [0.05, 0.1) is 5.69 Å². The van der Waals surface area contributed by atoms with Crippen LogP contribution in [0.5, 0.6) is 5.75 Å². The van der Waals surface area contributed by atoms with E-state index in [9.17, 15) is 18.0 Å². The lowest BCUT2D eigenvalue weighted by molar-refractivity contribution is -0.274. The van der Waals surface area contributed by atoms with Crippen molar-refractivity contribution in [3.8, 4) is 5.75 Å². The molecule has 0 unspecified atom stereocenters. The van der Waals surface area contributed by atoms with Crippen molar-refractivity contribution in [2.45, 2.75) is 32.7 Å². The summed E-state index contributed by atoms with van der Waals surface area (Å²) in [4.78, 5) is 11.4. The van der Waals surface area contributed by atoms with E-state index >= 15 is 0 Å². The molecule has 0 saturated heterocycles. The number of halogens is 3. The van der Waals surface area contributed by atoms with Crippen molar-refractivity contribution in [1.82, 2.24) is 5.32 Å². The van der Waals surface area contributed by atoms with Gasteiger partial charge in [0.1, 0.15) is 0 Å². The maximum atomic E-state index is 12.2. The highest BCUT2D eigenvalue weighted by atomic mass is 19.4. The number of anilines is 1. The molecule has 0 fully saturated rings. The molecular weight excluding hydrogens is 273 g/mol. The lowest BCUT2D eigenvalue weighted by Gasteiger charge is -2.14. The Kier molecular flexibility index (Phi) is 5.66. The maximum absolute atomic E-state index is 12.2. The smallest absolute Gasteiger partial charge is 0.404 e. The average Bonchev–Trinajstić information content (AvgIpc) is 2.28. The van der Waals surface area contributed by atoms with E-state index in [2.05, 4.69) is 15.4 Å². The Labute approximate surface area is 115 Å². The lowest BCUT2D eigenvalue weighted by Crippen LogP contribution is -2.31. The van der Waals surface area contributed by atoms with Crippen molar-refractivity contribution in [3.05, 3.63) is 24.3 Å². The number of amides is 1. The molecular formula is C13H17F3N2O2. The number of nitrogens with one attached hydrogen (secondary N) is 2. The molecule has 0 heterocycles. The zero-order chi connectivity index (χ0) is 15.2. The molecule has 112 valence electrons. The molecule has 1 rings (SSSR count). The van der Waals surface area contributed by atoms with Crippen molar-refractivity contribution >= 4 is 11.6 Å². The molecule has 0 spiro atoms. The predicted molar refractivity (Wildman–Crippen MR) is 69.5 cm³/mol. The Balaban J connectivity index is 2.54. The topological polar surface area (TPSA) is 50.4 Å². The van der Waals surface area contributed by atoms with Crippen LogP contribution in [0.2, 0.25) is 0 Å². The molecule has 0 saturated carbocycles. The Morgan fingerprint density at radius 1 is 1.30 bits per heavy atom. The largest absolute Gasteiger partial charge is 0.573 e. The minimum Gasteiger partial charge on any atom is -0.404 e. The first-order chi connectivity index (χ1) is 9.28. The van der Waals surface area contributed by atoms with Gasteiger partial charge in [-0.2, -0.15) is 0 Å². The van der Waals surface area contributed by atoms with Gasteiger partial charge in [-0.05, 0) is 26.0 Å². The molecule has 20 heavy (non-hydrogen) atoms. The van der Waals surface area contributed by atoms with E-state index in [-0.39, 0.29) is 36.4 Å². The van der Waals surface area contributed by atoms with Crippen molar-refractivity contribution < 1.29 is 22.7 Å². The average molecular weight is 290 g/mol. The minimum atomic E-state index is -4.74. The van der Waals surface area contributed by atoms with Crippen LogP contribution in [0.4, 0.5) is 18.9 Å². The Morgan fingerprint density at radius 2 is 1.95 bits per heavy atom. The molecule has 7 heteroatoms. The molecule has 0 aliphatic heterocycles. The van der Waals surface area contributed by atoms with Crippen LogP contribution < -0.4 is 15.4 Å². The second kappa shape index (κ2) is 7.02. The lowest BCUT2D eigenvalue weighted by atomic mass is 10.2. The molecule has 0 aromatic heterocycles. The summed E-state index contributed by atoms with van der Waals surface area (Å²) in [6, 6.07) is 5.73. The zero-order valence-electron chi connectivity index (χ0n) is 11.3. The Hall–Kier alpha value is -1.92. The summed E-state index contributed by atoms with van der Waals surface area (Å²) in [6.07, 6.45) is -4.58. The van der Waals surface area contributed by atoms with Crippen LogP contribution in [-0.2, 0) is 4.79 Å². The maximum Gasteiger partial charge on any atom is 0.573 e. The summed E-state index contributed by atoms with van der Waals surface area (Å²) < 4.78 is 40.5. The summed E-state index contributed by atoms with van der Waals surface area (Å²) in [5.74, 6) is -0.481. The number of benzene rings is 1. The summed E-state index contributed by atoms with van der Waals surface area (Å²) in [5, 5.41) is 5.45. The third kappa shape index (κ3) is 6.31. The van der Waals surface area contributed by atoms with Gasteiger partial charge in [0.25, 0.3) is 0 Å². The molecule has 1 aromatic carbocycles. The van der Waals surface area contributed by atoms with Crippen LogP contribution in [0.25, 0.3) is 0 Å². The highest BCUT2D eigenvalue weighted by Gasteiger charge is 2.32. The first-order valence-electron chi connectivity index (χ1n) is 6.16. The van der Waals surface area contributed by atoms with E-state index < -0.39 is 6.36 Å². The van der Waals surface area contributed by atoms with Crippen LogP contribution in [-0.4, -0.2) is 24.9 Å². The number of hydrogen-bond donors (Lipinski definition) is 2. The van der Waals surface area contributed by atoms with Gasteiger partial charge in [0, 0.05) is 19.0 Å². The second-order valence-corrected chi connectivity index (χ2v) is 4.44. The quantitative estimate of drug-likeness (QED) is 0.847. The van der Waals surface area contributed by atoms with Crippen LogP contribution >= 0.6 is 0 Å². The van der Waals surface area contributed by atoms with Gasteiger partial charge in [-0.1, -0.05) is 12.1 Å². The van der Waals surface area contributed by atoms with Crippen molar-refractivity contribution in [2.24, 2.45) is 0 Å². The van der Waals surface area contributed by atoms with E-state index in [1.54, 1.807) is 6.07 Å². The van der Waals surface area contributed by atoms with Gasteiger partial charge < -0.3 is 15.4 Å². The van der Waals surface area contributed by atoms with Crippen LogP contribution in [0.3, 0.4) is 0 Å². The molecule has 2 N–H and O–H groups in total. The minimum absolute atomic E-state index is 0.0309. The SMILES string of the molecule is CC(C)NC(=O)CCNc1ccccc1OC(F)(F)F. The van der Waals surface area contributed by atoms with Gasteiger partial charge in [-0.3, -0.25) is 4.79 Å². The summed E-state index contributed by atoms with van der Waals surface area (Å²) in [7, 11) is 0. The fraction of sp³-hybridized carbons (Fsp3) is 0.462. The van der Waals surface area contributed by atoms with E-state index in [1.165, 1.54) is 18.2 Å². The normalized spacial score (nSPS) is 11.3. The monoisotopic (exact) mass is 290 g/mol. The molecule has 0 bridgehead atoms. The van der Waals surface area contributed by atoms with Gasteiger partial charge in [-0.25, -0.2) is 0 Å². The van der Waals surface area contributed by atoms with Gasteiger partial charge in [-0.15, -0.1) is 13.2 Å². The van der Waals surface area contributed by atoms with Crippen molar-refractivity contribution in [1.29, 1.82) is 0 Å². The van der Waals surface area contributed by atoms with E-state index in [1.807, 2.05) is 13.8 Å². The number of ether oxygens (including phenoxy) is 1. The highest BCUT2D eigenvalue weighted by Crippen LogP contribution is 2.29. The summed E-state index contributed by atoms with van der Waals surface area (Å²) in [6.45, 7) is 3.88. The predicted octanol–water partition coefficient (Wildman–Crippen LogP) is 2.91. The molecule has 0 aliphatic rings. The number of para-hydroxylation sites is 2. The van der Waals surface area contributed by atoms with Gasteiger partial charge >= 0.3 is 6.36 Å². The first-order valence-corrected chi connectivity index (χ1v) is 6.16. The number of hydrogen-bond acceptors (Lipinski definition) is 3. The Bertz CT molecular complexity index is 447. The van der Waals surface area contributed by atoms with E-state index in [0.717, 1.165) is 0 Å². The van der Waals surface area contributed by atoms with Crippen LogP contribution in [0.15, 0.2) is 24.3 Å². The third-order valence-corrected chi connectivity index (χ3v) is 2.23. The molecule has 0 atom stereocenters. The standard InChI is InChI=1S/C13H17F3N2O2/c1-9(2)18-12(19)7-8-17-10-5-3-4-6-11(10)20-13(14,15)16/h3-6,9,17H,7-8H2,1-2H3,(H,18,19).